The van der Waals surface area contributed by atoms with Crippen LogP contribution < -0.4 is 4.74 Å². The molecule has 0 spiro atoms. The Bertz CT molecular complexity index is 679. The van der Waals surface area contributed by atoms with Gasteiger partial charge in [-0.1, -0.05) is 0 Å². The molecule has 10 heteroatoms. The van der Waals surface area contributed by atoms with E-state index in [2.05, 4.69) is 9.88 Å². The van der Waals surface area contributed by atoms with Crippen molar-refractivity contribution in [1.82, 2.24) is 19.7 Å². The summed E-state index contributed by atoms with van der Waals surface area (Å²) < 4.78 is 5.39. The summed E-state index contributed by atoms with van der Waals surface area (Å²) in [7, 11) is 1.82. The number of rotatable bonds is 7. The van der Waals surface area contributed by atoms with Crippen LogP contribution in [-0.2, 0) is 0 Å². The molecule has 148 valence electrons. The topological polar surface area (TPSA) is 112 Å². The van der Waals surface area contributed by atoms with E-state index in [1.807, 2.05) is 11.9 Å². The van der Waals surface area contributed by atoms with Crippen LogP contribution in [0, 0.1) is 10.1 Å². The van der Waals surface area contributed by atoms with Gasteiger partial charge in [-0.15, -0.1) is 0 Å². The van der Waals surface area contributed by atoms with Crippen molar-refractivity contribution in [2.45, 2.75) is 25.0 Å². The second-order valence-corrected chi connectivity index (χ2v) is 6.98. The van der Waals surface area contributed by atoms with Gasteiger partial charge in [0.05, 0.1) is 0 Å². The van der Waals surface area contributed by atoms with Gasteiger partial charge in [0.2, 0.25) is 5.75 Å². The molecule has 27 heavy (non-hydrogen) atoms. The molecule has 0 bridgehead atoms. The number of carbonyl (C=O) groups excluding carboxylic acids is 1. The van der Waals surface area contributed by atoms with Crippen LogP contribution in [0.15, 0.2) is 18.3 Å². The number of pyridine rings is 1. The van der Waals surface area contributed by atoms with Crippen LogP contribution in [-0.4, -0.2) is 94.3 Å². The van der Waals surface area contributed by atoms with Crippen LogP contribution in [0.5, 0.6) is 5.75 Å². The number of urea groups is 1. The fourth-order valence-electron chi connectivity index (χ4n) is 3.59. The van der Waals surface area contributed by atoms with Gasteiger partial charge in [0.1, 0.15) is 18.9 Å². The van der Waals surface area contributed by atoms with Crippen molar-refractivity contribution in [3.8, 4) is 5.75 Å². The van der Waals surface area contributed by atoms with Crippen LogP contribution in [0.2, 0.25) is 0 Å². The highest BCUT2D eigenvalue weighted by Gasteiger charge is 2.33. The molecule has 2 aliphatic heterocycles. The standard InChI is InChI=1S/C17H25N5O5/c1-19-9-10-21(17(19)24)13-4-7-20(8-5-13)11-14(23)12-27-15-3-2-6-18-16(15)22(25)26/h2-3,6,13-14,23H,4-5,7-12H2,1H3. The number of nitro groups is 1. The monoisotopic (exact) mass is 379 g/mol. The lowest BCUT2D eigenvalue weighted by molar-refractivity contribution is -0.390. The van der Waals surface area contributed by atoms with E-state index in [4.69, 9.17) is 4.74 Å². The number of aromatic nitrogens is 1. The van der Waals surface area contributed by atoms with E-state index in [1.54, 1.807) is 11.0 Å². The zero-order valence-electron chi connectivity index (χ0n) is 15.4. The normalized spacial score (nSPS) is 20.1. The Balaban J connectivity index is 1.43. The largest absolute Gasteiger partial charge is 0.483 e. The second-order valence-electron chi connectivity index (χ2n) is 6.98. The zero-order chi connectivity index (χ0) is 19.4. The molecule has 2 saturated heterocycles. The Labute approximate surface area is 157 Å². The molecular weight excluding hydrogens is 354 g/mol. The van der Waals surface area contributed by atoms with Gasteiger partial charge in [-0.3, -0.25) is 0 Å². The van der Waals surface area contributed by atoms with Gasteiger partial charge in [-0.2, -0.15) is 0 Å². The van der Waals surface area contributed by atoms with Crippen LogP contribution in [0.4, 0.5) is 10.6 Å². The summed E-state index contributed by atoms with van der Waals surface area (Å²) in [4.78, 5) is 31.9. The van der Waals surface area contributed by atoms with Crippen molar-refractivity contribution in [2.24, 2.45) is 0 Å². The lowest BCUT2D eigenvalue weighted by atomic mass is 10.0. The number of likely N-dealkylation sites (N-methyl/N-ethyl adjacent to an activating group) is 1. The number of β-amino-alcohol motifs (C(OH)–C–C–N with tert-alkyl or cyclic N) is 1. The predicted octanol–water partition coefficient (Wildman–Crippen LogP) is 0.561. The van der Waals surface area contributed by atoms with E-state index in [0.29, 0.717) is 6.54 Å². The third kappa shape index (κ3) is 4.64. The molecule has 1 N–H and O–H groups in total. The number of hydrogen-bond donors (Lipinski definition) is 1. The fraction of sp³-hybridized carbons (Fsp3) is 0.647. The van der Waals surface area contributed by atoms with Gasteiger partial charge in [0, 0.05) is 45.8 Å². The molecule has 0 radical (unpaired) electrons. The molecule has 0 saturated carbocycles. The lowest BCUT2D eigenvalue weighted by Crippen LogP contribution is -2.48. The maximum absolute atomic E-state index is 12.1. The smallest absolute Gasteiger partial charge is 0.406 e. The molecule has 3 rings (SSSR count). The summed E-state index contributed by atoms with van der Waals surface area (Å²) in [5, 5.41) is 21.1. The average Bonchev–Trinajstić information content (AvgIpc) is 3.00. The fourth-order valence-corrected chi connectivity index (χ4v) is 3.59. The second kappa shape index (κ2) is 8.49. The highest BCUT2D eigenvalue weighted by Crippen LogP contribution is 2.23. The van der Waals surface area contributed by atoms with Gasteiger partial charge in [0.15, 0.2) is 0 Å². The maximum Gasteiger partial charge on any atom is 0.406 e. The molecule has 0 aliphatic carbocycles. The van der Waals surface area contributed by atoms with Gasteiger partial charge < -0.3 is 34.7 Å². The molecule has 1 aromatic rings. The minimum atomic E-state index is -0.763. The predicted molar refractivity (Wildman–Crippen MR) is 96.6 cm³/mol. The summed E-state index contributed by atoms with van der Waals surface area (Å²) in [5.41, 5.74) is 0. The third-order valence-corrected chi connectivity index (χ3v) is 5.07. The quantitative estimate of drug-likeness (QED) is 0.544. The Hall–Kier alpha value is -2.46. The number of aliphatic hydroxyl groups excluding tert-OH is 1. The number of likely N-dealkylation sites (tertiary alicyclic amines) is 1. The van der Waals surface area contributed by atoms with Crippen molar-refractivity contribution >= 4 is 11.8 Å². The van der Waals surface area contributed by atoms with Gasteiger partial charge in [-0.25, -0.2) is 4.79 Å². The molecule has 10 nitrogen and oxygen atoms in total. The molecule has 1 aromatic heterocycles. The van der Waals surface area contributed by atoms with Crippen molar-refractivity contribution in [3.05, 3.63) is 28.4 Å². The highest BCUT2D eigenvalue weighted by atomic mass is 16.6. The molecular formula is C17H25N5O5. The molecule has 2 amide bonds. The van der Waals surface area contributed by atoms with Crippen molar-refractivity contribution < 1.29 is 19.6 Å². The number of hydrogen-bond acceptors (Lipinski definition) is 7. The van der Waals surface area contributed by atoms with Crippen LogP contribution in [0.1, 0.15) is 12.8 Å². The first kappa shape index (κ1) is 19.3. The first-order valence-electron chi connectivity index (χ1n) is 9.10. The molecule has 2 fully saturated rings. The first-order valence-corrected chi connectivity index (χ1v) is 9.10. The van der Waals surface area contributed by atoms with E-state index in [9.17, 15) is 20.0 Å². The van der Waals surface area contributed by atoms with Crippen LogP contribution >= 0.6 is 0 Å². The SMILES string of the molecule is CN1CCN(C2CCN(CC(O)COc3cccnc3[N+](=O)[O-])CC2)C1=O. The third-order valence-electron chi connectivity index (χ3n) is 5.07. The number of carbonyl (C=O) groups is 1. The van der Waals surface area contributed by atoms with Gasteiger partial charge in [-0.05, 0) is 34.9 Å². The highest BCUT2D eigenvalue weighted by molar-refractivity contribution is 5.76. The Kier molecular flexibility index (Phi) is 6.07. The van der Waals surface area contributed by atoms with Crippen molar-refractivity contribution in [1.29, 1.82) is 0 Å². The van der Waals surface area contributed by atoms with Gasteiger partial charge in [0.25, 0.3) is 0 Å². The average molecular weight is 379 g/mol. The summed E-state index contributed by atoms with van der Waals surface area (Å²) in [6, 6.07) is 3.37. The Morgan fingerprint density at radius 3 is 2.74 bits per heavy atom. The van der Waals surface area contributed by atoms with Crippen LogP contribution in [0.25, 0.3) is 0 Å². The number of nitrogens with zero attached hydrogens (tertiary/aromatic N) is 5. The van der Waals surface area contributed by atoms with E-state index >= 15 is 0 Å². The Morgan fingerprint density at radius 2 is 2.11 bits per heavy atom. The van der Waals surface area contributed by atoms with Gasteiger partial charge >= 0.3 is 11.8 Å². The van der Waals surface area contributed by atoms with E-state index in [-0.39, 0.29) is 30.2 Å². The number of aliphatic hydroxyl groups is 1. The van der Waals surface area contributed by atoms with E-state index < -0.39 is 11.0 Å². The molecule has 1 atom stereocenters. The molecule has 1 unspecified atom stereocenters. The number of ether oxygens (including phenoxy) is 1. The van der Waals surface area contributed by atoms with E-state index in [0.717, 1.165) is 39.0 Å². The summed E-state index contributed by atoms with van der Waals surface area (Å²) >= 11 is 0. The molecule has 2 aliphatic rings. The summed E-state index contributed by atoms with van der Waals surface area (Å²) in [5.74, 6) is -0.303. The molecule has 0 aromatic carbocycles. The zero-order valence-corrected chi connectivity index (χ0v) is 15.4. The van der Waals surface area contributed by atoms with Crippen molar-refractivity contribution in [3.63, 3.8) is 0 Å². The Morgan fingerprint density at radius 1 is 1.37 bits per heavy atom. The minimum Gasteiger partial charge on any atom is -0.483 e. The van der Waals surface area contributed by atoms with Crippen molar-refractivity contribution in [2.75, 3.05) is 46.4 Å². The molecule has 3 heterocycles. The maximum atomic E-state index is 12.1. The number of amides is 2. The van der Waals surface area contributed by atoms with E-state index in [1.165, 1.54) is 12.3 Å². The minimum absolute atomic E-state index is 0.0398. The van der Waals surface area contributed by atoms with Crippen LogP contribution in [0.3, 0.4) is 0 Å². The summed E-state index contributed by atoms with van der Waals surface area (Å²) in [6.07, 6.45) is 2.32. The lowest BCUT2D eigenvalue weighted by Gasteiger charge is -2.37. The number of piperidine rings is 1. The summed E-state index contributed by atoms with van der Waals surface area (Å²) in [6.45, 7) is 3.52. The first-order chi connectivity index (χ1) is 13.0.